The van der Waals surface area contributed by atoms with E-state index < -0.39 is 11.4 Å². The van der Waals surface area contributed by atoms with Crippen molar-refractivity contribution in [1.82, 2.24) is 4.90 Å². The number of rotatable bonds is 4. The number of carbonyl (C=O) groups excluding carboxylic acids is 2. The molecule has 0 bridgehead atoms. The first kappa shape index (κ1) is 18.0. The minimum absolute atomic E-state index is 0.0218. The van der Waals surface area contributed by atoms with Crippen molar-refractivity contribution in [1.29, 1.82) is 0 Å². The minimum Gasteiger partial charge on any atom is -0.481 e. The Morgan fingerprint density at radius 2 is 1.96 bits per heavy atom. The van der Waals surface area contributed by atoms with Gasteiger partial charge in [-0.3, -0.25) is 14.4 Å². The molecule has 4 atom stereocenters. The van der Waals surface area contributed by atoms with Crippen molar-refractivity contribution in [3.05, 3.63) is 29.8 Å². The van der Waals surface area contributed by atoms with E-state index in [1.54, 1.807) is 29.2 Å². The average molecular weight is 372 g/mol. The molecular formula is C20H24N2O5. The molecule has 2 aliphatic heterocycles. The number of hydrogen-bond donors (Lipinski definition) is 2. The number of carbonyl (C=O) groups is 3. The second-order valence-corrected chi connectivity index (χ2v) is 8.05. The molecule has 144 valence electrons. The standard InChI is InChI=1S/C20H24N2O5/c1-12-8-16(12)17(23)21-15-4-2-13(3-5-15)18(24)22-9-14-10-27-7-6-20(14,11-22)19(25)26/h2-5,12,14,16H,6-11H2,1H3,(H,21,23)(H,25,26)/t12?,14-,16?,20+/m0/s1. The second kappa shape index (κ2) is 6.64. The van der Waals surface area contributed by atoms with Gasteiger partial charge in [-0.05, 0) is 43.0 Å². The van der Waals surface area contributed by atoms with Crippen molar-refractivity contribution in [2.45, 2.75) is 19.8 Å². The third-order valence-electron chi connectivity index (χ3n) is 6.27. The lowest BCUT2D eigenvalue weighted by atomic mass is 9.74. The first-order valence-electron chi connectivity index (χ1n) is 9.42. The first-order valence-corrected chi connectivity index (χ1v) is 9.42. The van der Waals surface area contributed by atoms with Gasteiger partial charge in [-0.15, -0.1) is 0 Å². The van der Waals surface area contributed by atoms with Crippen LogP contribution in [0.1, 0.15) is 30.1 Å². The maximum Gasteiger partial charge on any atom is 0.311 e. The summed E-state index contributed by atoms with van der Waals surface area (Å²) in [5, 5.41) is 12.6. The summed E-state index contributed by atoms with van der Waals surface area (Å²) < 4.78 is 5.44. The van der Waals surface area contributed by atoms with Gasteiger partial charge in [0, 0.05) is 42.8 Å². The predicted octanol–water partition coefficient (Wildman–Crippen LogP) is 1.84. The number of aliphatic carboxylic acids is 1. The molecule has 7 heteroatoms. The molecule has 2 unspecified atom stereocenters. The van der Waals surface area contributed by atoms with Crippen LogP contribution in [-0.2, 0) is 14.3 Å². The van der Waals surface area contributed by atoms with Crippen LogP contribution in [-0.4, -0.2) is 54.1 Å². The number of carboxylic acids is 1. The summed E-state index contributed by atoms with van der Waals surface area (Å²) in [5.41, 5.74) is 0.261. The molecule has 1 aromatic rings. The normalized spacial score (nSPS) is 31.9. The highest BCUT2D eigenvalue weighted by Gasteiger charge is 2.54. The number of hydrogen-bond acceptors (Lipinski definition) is 4. The van der Waals surface area contributed by atoms with E-state index in [-0.39, 0.29) is 30.2 Å². The van der Waals surface area contributed by atoms with E-state index in [1.165, 1.54) is 0 Å². The third-order valence-corrected chi connectivity index (χ3v) is 6.27. The molecule has 27 heavy (non-hydrogen) atoms. The minimum atomic E-state index is -0.900. The summed E-state index contributed by atoms with van der Waals surface area (Å²) in [6.45, 7) is 3.45. The molecule has 0 spiro atoms. The molecule has 1 saturated carbocycles. The summed E-state index contributed by atoms with van der Waals surface area (Å²) in [6.07, 6.45) is 1.36. The number of nitrogens with one attached hydrogen (secondary N) is 1. The fourth-order valence-electron chi connectivity index (χ4n) is 4.26. The van der Waals surface area contributed by atoms with Crippen LogP contribution in [0.3, 0.4) is 0 Å². The Morgan fingerprint density at radius 3 is 2.56 bits per heavy atom. The number of carboxylic acid groups (broad SMARTS) is 1. The smallest absolute Gasteiger partial charge is 0.311 e. The molecule has 0 radical (unpaired) electrons. The fourth-order valence-corrected chi connectivity index (χ4v) is 4.26. The Morgan fingerprint density at radius 1 is 1.26 bits per heavy atom. The quantitative estimate of drug-likeness (QED) is 0.841. The number of anilines is 1. The van der Waals surface area contributed by atoms with Gasteiger partial charge in [0.05, 0.1) is 12.0 Å². The van der Waals surface area contributed by atoms with E-state index in [0.29, 0.717) is 43.3 Å². The van der Waals surface area contributed by atoms with Gasteiger partial charge in [0.15, 0.2) is 0 Å². The highest BCUT2D eigenvalue weighted by atomic mass is 16.5. The van der Waals surface area contributed by atoms with Crippen LogP contribution >= 0.6 is 0 Å². The van der Waals surface area contributed by atoms with Crippen LogP contribution in [0.25, 0.3) is 0 Å². The van der Waals surface area contributed by atoms with Crippen molar-refractivity contribution < 1.29 is 24.2 Å². The van der Waals surface area contributed by atoms with Crippen LogP contribution in [0.2, 0.25) is 0 Å². The molecule has 1 aromatic carbocycles. The van der Waals surface area contributed by atoms with E-state index in [2.05, 4.69) is 12.2 Å². The van der Waals surface area contributed by atoms with Crippen molar-refractivity contribution in [3.63, 3.8) is 0 Å². The SMILES string of the molecule is CC1CC1C(=O)Nc1ccc(C(=O)N2C[C@H]3COCC[C@@]3(C(=O)O)C2)cc1. The molecule has 2 N–H and O–H groups in total. The van der Waals surface area contributed by atoms with Crippen molar-refractivity contribution in [2.75, 3.05) is 31.6 Å². The van der Waals surface area contributed by atoms with E-state index >= 15 is 0 Å². The number of amides is 2. The van der Waals surface area contributed by atoms with Crippen molar-refractivity contribution >= 4 is 23.5 Å². The molecule has 2 heterocycles. The van der Waals surface area contributed by atoms with Gasteiger partial charge < -0.3 is 20.1 Å². The monoisotopic (exact) mass is 372 g/mol. The molecule has 4 rings (SSSR count). The van der Waals surface area contributed by atoms with Crippen LogP contribution in [0, 0.1) is 23.2 Å². The number of nitrogens with zero attached hydrogens (tertiary/aromatic N) is 1. The molecule has 2 saturated heterocycles. The van der Waals surface area contributed by atoms with Gasteiger partial charge in [0.1, 0.15) is 0 Å². The summed E-state index contributed by atoms with van der Waals surface area (Å²) in [7, 11) is 0. The van der Waals surface area contributed by atoms with Gasteiger partial charge in [0.25, 0.3) is 5.91 Å². The van der Waals surface area contributed by atoms with Crippen molar-refractivity contribution in [2.24, 2.45) is 23.2 Å². The summed E-state index contributed by atoms with van der Waals surface area (Å²) in [4.78, 5) is 38.3. The molecule has 7 nitrogen and oxygen atoms in total. The fraction of sp³-hybridized carbons (Fsp3) is 0.550. The Hall–Kier alpha value is -2.41. The average Bonchev–Trinajstić information content (AvgIpc) is 3.26. The van der Waals surface area contributed by atoms with Crippen LogP contribution in [0.4, 0.5) is 5.69 Å². The zero-order valence-corrected chi connectivity index (χ0v) is 15.3. The number of benzene rings is 1. The Kier molecular flexibility index (Phi) is 4.42. The zero-order chi connectivity index (χ0) is 19.2. The largest absolute Gasteiger partial charge is 0.481 e. The van der Waals surface area contributed by atoms with Crippen LogP contribution in [0.15, 0.2) is 24.3 Å². The first-order chi connectivity index (χ1) is 12.9. The lowest BCUT2D eigenvalue weighted by molar-refractivity contribution is -0.157. The van der Waals surface area contributed by atoms with Crippen LogP contribution < -0.4 is 5.32 Å². The Bertz CT molecular complexity index is 777. The third kappa shape index (κ3) is 3.20. The van der Waals surface area contributed by atoms with E-state index in [4.69, 9.17) is 4.74 Å². The predicted molar refractivity (Wildman–Crippen MR) is 97.2 cm³/mol. The van der Waals surface area contributed by atoms with E-state index in [1.807, 2.05) is 0 Å². The Balaban J connectivity index is 1.44. The molecule has 3 aliphatic rings. The molecular weight excluding hydrogens is 348 g/mol. The van der Waals surface area contributed by atoms with Gasteiger partial charge in [0.2, 0.25) is 5.91 Å². The van der Waals surface area contributed by atoms with E-state index in [0.717, 1.165) is 6.42 Å². The van der Waals surface area contributed by atoms with Gasteiger partial charge >= 0.3 is 5.97 Å². The van der Waals surface area contributed by atoms with Gasteiger partial charge in [-0.1, -0.05) is 6.92 Å². The highest BCUT2D eigenvalue weighted by Crippen LogP contribution is 2.43. The number of fused-ring (bicyclic) bond motifs is 1. The lowest BCUT2D eigenvalue weighted by Crippen LogP contribution is -2.45. The second-order valence-electron chi connectivity index (χ2n) is 8.05. The van der Waals surface area contributed by atoms with Gasteiger partial charge in [-0.25, -0.2) is 0 Å². The van der Waals surface area contributed by atoms with Gasteiger partial charge in [-0.2, -0.15) is 0 Å². The molecule has 3 fully saturated rings. The summed E-state index contributed by atoms with van der Waals surface area (Å²) >= 11 is 0. The van der Waals surface area contributed by atoms with Crippen LogP contribution in [0.5, 0.6) is 0 Å². The highest BCUT2D eigenvalue weighted by molar-refractivity contribution is 5.97. The maximum atomic E-state index is 12.9. The molecule has 2 amide bonds. The zero-order valence-electron chi connectivity index (χ0n) is 15.3. The summed E-state index contributed by atoms with van der Waals surface area (Å²) in [6, 6.07) is 6.80. The number of ether oxygens (including phenoxy) is 1. The Labute approximate surface area is 157 Å². The lowest BCUT2D eigenvalue weighted by Gasteiger charge is -2.33. The molecule has 0 aromatic heterocycles. The topological polar surface area (TPSA) is 95.9 Å². The van der Waals surface area contributed by atoms with E-state index in [9.17, 15) is 19.5 Å². The summed E-state index contributed by atoms with van der Waals surface area (Å²) in [5.74, 6) is -0.652. The maximum absolute atomic E-state index is 12.9. The number of likely N-dealkylation sites (tertiary alicyclic amines) is 1. The van der Waals surface area contributed by atoms with Crippen molar-refractivity contribution in [3.8, 4) is 0 Å². The molecule has 1 aliphatic carbocycles.